The van der Waals surface area contributed by atoms with Gasteiger partial charge in [0.1, 0.15) is 11.6 Å². The molecule has 0 saturated carbocycles. The predicted molar refractivity (Wildman–Crippen MR) is 101 cm³/mol. The average Bonchev–Trinajstić information content (AvgIpc) is 2.99. The summed E-state index contributed by atoms with van der Waals surface area (Å²) in [6, 6.07) is 9.83. The van der Waals surface area contributed by atoms with Crippen LogP contribution in [0, 0.1) is 11.3 Å². The largest absolute Gasteiger partial charge is 0.402 e. The number of nitrogens with one attached hydrogen (secondary N) is 2. The number of H-pyrrole nitrogens is 1. The van der Waals surface area contributed by atoms with E-state index < -0.39 is 0 Å². The Labute approximate surface area is 149 Å². The van der Waals surface area contributed by atoms with Crippen LogP contribution >= 0.6 is 11.6 Å². The van der Waals surface area contributed by atoms with Crippen LogP contribution in [-0.4, -0.2) is 34.3 Å². The van der Waals surface area contributed by atoms with Crippen molar-refractivity contribution in [3.63, 3.8) is 0 Å². The molecule has 3 aromatic rings. The van der Waals surface area contributed by atoms with Crippen LogP contribution in [0.3, 0.4) is 0 Å². The summed E-state index contributed by atoms with van der Waals surface area (Å²) in [5.41, 5.74) is 9.38. The molecule has 0 amide bonds. The molecule has 25 heavy (non-hydrogen) atoms. The number of benzene rings is 1. The summed E-state index contributed by atoms with van der Waals surface area (Å²) < 4.78 is 0. The quantitative estimate of drug-likeness (QED) is 0.628. The molecule has 4 N–H and O–H groups in total. The Balaban J connectivity index is 1.62. The molecule has 6 nitrogen and oxygen atoms in total. The minimum absolute atomic E-state index is 0.258. The third-order valence-electron chi connectivity index (χ3n) is 4.44. The summed E-state index contributed by atoms with van der Waals surface area (Å²) in [4.78, 5) is 14.5. The van der Waals surface area contributed by atoms with Crippen LogP contribution in [-0.2, 0) is 0 Å². The average molecular weight is 353 g/mol. The van der Waals surface area contributed by atoms with Gasteiger partial charge in [0.25, 0.3) is 0 Å². The van der Waals surface area contributed by atoms with E-state index in [0.717, 1.165) is 47.0 Å². The Bertz CT molecular complexity index is 938. The lowest BCUT2D eigenvalue weighted by atomic mass is 9.96. The Morgan fingerprint density at radius 2 is 2.16 bits per heavy atom. The number of hydrogen-bond acceptors (Lipinski definition) is 5. The molecule has 1 saturated heterocycles. The van der Waals surface area contributed by atoms with Crippen molar-refractivity contribution in [3.05, 3.63) is 53.3 Å². The molecule has 0 bridgehead atoms. The highest BCUT2D eigenvalue weighted by Crippen LogP contribution is 2.33. The van der Waals surface area contributed by atoms with Crippen LogP contribution in [0.15, 0.2) is 48.3 Å². The molecule has 0 radical (unpaired) electrons. The van der Waals surface area contributed by atoms with Gasteiger partial charge in [-0.3, -0.25) is 0 Å². The van der Waals surface area contributed by atoms with E-state index >= 15 is 0 Å². The number of nitrogens with zero attached hydrogens (tertiary/aromatic N) is 3. The first-order valence-corrected chi connectivity index (χ1v) is 8.35. The number of imidazole rings is 1. The Hall–Kier alpha value is -2.86. The number of nitrogens with two attached hydrogens (primary N) is 1. The molecule has 1 aliphatic heterocycles. The zero-order valence-electron chi connectivity index (χ0n) is 13.4. The van der Waals surface area contributed by atoms with Gasteiger partial charge in [-0.05, 0) is 24.3 Å². The third kappa shape index (κ3) is 2.85. The van der Waals surface area contributed by atoms with Crippen molar-refractivity contribution < 1.29 is 0 Å². The number of hydrogen-bond donors (Lipinski definition) is 3. The first-order valence-electron chi connectivity index (χ1n) is 7.97. The molecule has 126 valence electrons. The smallest absolute Gasteiger partial charge is 0.140 e. The van der Waals surface area contributed by atoms with E-state index in [9.17, 15) is 0 Å². The lowest BCUT2D eigenvalue weighted by molar-refractivity contribution is 0.462. The highest BCUT2D eigenvalue weighted by atomic mass is 35.5. The van der Waals surface area contributed by atoms with E-state index in [2.05, 4.69) is 19.9 Å². The van der Waals surface area contributed by atoms with Crippen molar-refractivity contribution in [2.45, 2.75) is 0 Å². The van der Waals surface area contributed by atoms with Crippen molar-refractivity contribution in [2.75, 3.05) is 18.0 Å². The van der Waals surface area contributed by atoms with E-state index in [1.165, 1.54) is 6.21 Å². The van der Waals surface area contributed by atoms with Crippen molar-refractivity contribution in [1.29, 1.82) is 5.41 Å². The van der Waals surface area contributed by atoms with Gasteiger partial charge >= 0.3 is 0 Å². The highest BCUT2D eigenvalue weighted by molar-refractivity contribution is 6.33. The molecule has 3 heterocycles. The fourth-order valence-electron chi connectivity index (χ4n) is 2.97. The SMILES string of the molecule is N=C/C=C(\N)C1CN(c2cc(-c3nc4ccccc4[nH]3)c(Cl)cn2)C1. The molecular formula is C18H17ClN6. The van der Waals surface area contributed by atoms with E-state index in [1.807, 2.05) is 30.3 Å². The number of fused-ring (bicyclic) bond motifs is 1. The second-order valence-electron chi connectivity index (χ2n) is 6.06. The number of halogens is 1. The lowest BCUT2D eigenvalue weighted by Crippen LogP contribution is -2.49. The molecule has 2 aromatic heterocycles. The van der Waals surface area contributed by atoms with E-state index in [-0.39, 0.29) is 5.92 Å². The maximum absolute atomic E-state index is 7.10. The van der Waals surface area contributed by atoms with Crippen LogP contribution in [0.5, 0.6) is 0 Å². The Morgan fingerprint density at radius 1 is 1.36 bits per heavy atom. The number of pyridine rings is 1. The first-order chi connectivity index (χ1) is 12.2. The minimum Gasteiger partial charge on any atom is -0.402 e. The number of aromatic nitrogens is 3. The van der Waals surface area contributed by atoms with Gasteiger partial charge in [0.2, 0.25) is 0 Å². The lowest BCUT2D eigenvalue weighted by Gasteiger charge is -2.40. The normalized spacial score (nSPS) is 15.4. The summed E-state index contributed by atoms with van der Waals surface area (Å²) in [6.45, 7) is 1.56. The van der Waals surface area contributed by atoms with Gasteiger partial charge in [0.05, 0.1) is 16.1 Å². The van der Waals surface area contributed by atoms with Gasteiger partial charge in [0, 0.05) is 42.7 Å². The first kappa shape index (κ1) is 15.7. The van der Waals surface area contributed by atoms with Gasteiger partial charge in [0.15, 0.2) is 0 Å². The fraction of sp³-hybridized carbons (Fsp3) is 0.167. The van der Waals surface area contributed by atoms with Crippen molar-refractivity contribution in [1.82, 2.24) is 15.0 Å². The number of rotatable bonds is 4. The van der Waals surface area contributed by atoms with Crippen LogP contribution in [0.25, 0.3) is 22.4 Å². The molecule has 0 atom stereocenters. The zero-order chi connectivity index (χ0) is 17.4. The van der Waals surface area contributed by atoms with Crippen LogP contribution in [0.1, 0.15) is 0 Å². The summed E-state index contributed by atoms with van der Waals surface area (Å²) in [7, 11) is 0. The number of allylic oxidation sites excluding steroid dienone is 1. The molecule has 0 spiro atoms. The van der Waals surface area contributed by atoms with Crippen LogP contribution in [0.2, 0.25) is 5.02 Å². The second-order valence-corrected chi connectivity index (χ2v) is 6.47. The van der Waals surface area contributed by atoms with Gasteiger partial charge in [-0.2, -0.15) is 0 Å². The highest BCUT2D eigenvalue weighted by Gasteiger charge is 2.30. The van der Waals surface area contributed by atoms with Gasteiger partial charge in [-0.15, -0.1) is 0 Å². The Kier molecular flexibility index (Phi) is 3.89. The van der Waals surface area contributed by atoms with Crippen molar-refractivity contribution in [3.8, 4) is 11.4 Å². The van der Waals surface area contributed by atoms with Crippen LogP contribution in [0.4, 0.5) is 5.82 Å². The fourth-order valence-corrected chi connectivity index (χ4v) is 3.16. The summed E-state index contributed by atoms with van der Waals surface area (Å²) in [5, 5.41) is 7.66. The van der Waals surface area contributed by atoms with Crippen molar-refractivity contribution >= 4 is 34.7 Å². The maximum Gasteiger partial charge on any atom is 0.140 e. The molecule has 4 rings (SSSR count). The number of aromatic amines is 1. The Morgan fingerprint density at radius 3 is 2.92 bits per heavy atom. The van der Waals surface area contributed by atoms with E-state index in [0.29, 0.717) is 5.02 Å². The van der Waals surface area contributed by atoms with Gasteiger partial charge in [-0.25, -0.2) is 9.97 Å². The van der Waals surface area contributed by atoms with E-state index in [4.69, 9.17) is 22.7 Å². The summed E-state index contributed by atoms with van der Waals surface area (Å²) in [5.74, 6) is 1.84. The second kappa shape index (κ2) is 6.22. The van der Waals surface area contributed by atoms with Crippen LogP contribution < -0.4 is 10.6 Å². The number of anilines is 1. The standard InChI is InChI=1S/C18H17ClN6/c19-13-8-22-17(25-9-11(10-25)14(21)5-6-20)7-12(13)18-23-15-3-1-2-4-16(15)24-18/h1-8,11,20H,9-10,21H2,(H,23,24)/b14-5-,20-6?. The van der Waals surface area contributed by atoms with Crippen molar-refractivity contribution in [2.24, 2.45) is 11.7 Å². The third-order valence-corrected chi connectivity index (χ3v) is 4.74. The molecular weight excluding hydrogens is 336 g/mol. The van der Waals surface area contributed by atoms with Gasteiger partial charge < -0.3 is 21.0 Å². The molecule has 0 aliphatic carbocycles. The van der Waals surface area contributed by atoms with E-state index in [1.54, 1.807) is 12.3 Å². The molecule has 7 heteroatoms. The predicted octanol–water partition coefficient (Wildman–Crippen LogP) is 3.21. The maximum atomic E-state index is 7.10. The monoisotopic (exact) mass is 352 g/mol. The molecule has 1 fully saturated rings. The summed E-state index contributed by atoms with van der Waals surface area (Å²) >= 11 is 6.35. The topological polar surface area (TPSA) is 94.7 Å². The van der Waals surface area contributed by atoms with Gasteiger partial charge in [-0.1, -0.05) is 23.7 Å². The molecule has 0 unspecified atom stereocenters. The molecule has 1 aromatic carbocycles. The molecule has 1 aliphatic rings. The summed E-state index contributed by atoms with van der Waals surface area (Å²) in [6.07, 6.45) is 4.51. The zero-order valence-corrected chi connectivity index (χ0v) is 14.2. The number of para-hydroxylation sites is 2. The minimum atomic E-state index is 0.258.